The fourth-order valence-electron chi connectivity index (χ4n) is 2.95. The molecule has 26 heavy (non-hydrogen) atoms. The van der Waals surface area contributed by atoms with Crippen LogP contribution < -0.4 is 15.4 Å². The zero-order chi connectivity index (χ0) is 18.4. The molecule has 1 aliphatic rings. The Labute approximate surface area is 152 Å². The summed E-state index contributed by atoms with van der Waals surface area (Å²) >= 11 is 0. The highest BCUT2D eigenvalue weighted by Gasteiger charge is 2.11. The molecule has 0 heterocycles. The lowest BCUT2D eigenvalue weighted by molar-refractivity contribution is 0.0600. The highest BCUT2D eigenvalue weighted by molar-refractivity contribution is 5.92. The fourth-order valence-corrected chi connectivity index (χ4v) is 2.95. The summed E-state index contributed by atoms with van der Waals surface area (Å²) in [5.41, 5.74) is 3.80. The summed E-state index contributed by atoms with van der Waals surface area (Å²) < 4.78 is 10.3. The molecule has 0 radical (unpaired) electrons. The van der Waals surface area contributed by atoms with Crippen molar-refractivity contribution in [2.24, 2.45) is 0 Å². The van der Waals surface area contributed by atoms with Crippen molar-refractivity contribution in [1.82, 2.24) is 5.32 Å². The molecule has 0 unspecified atom stereocenters. The van der Waals surface area contributed by atoms with E-state index in [2.05, 4.69) is 27.5 Å². The first kappa shape index (κ1) is 17.8. The predicted molar refractivity (Wildman–Crippen MR) is 98.8 cm³/mol. The van der Waals surface area contributed by atoms with Gasteiger partial charge in [-0.15, -0.1) is 0 Å². The van der Waals surface area contributed by atoms with Crippen LogP contribution in [0.1, 0.15) is 27.9 Å². The van der Waals surface area contributed by atoms with Gasteiger partial charge in [0.1, 0.15) is 12.4 Å². The first-order chi connectivity index (χ1) is 12.7. The Morgan fingerprint density at radius 1 is 1.04 bits per heavy atom. The van der Waals surface area contributed by atoms with Gasteiger partial charge in [0.05, 0.1) is 19.2 Å². The van der Waals surface area contributed by atoms with E-state index in [0.717, 1.165) is 18.6 Å². The van der Waals surface area contributed by atoms with Crippen molar-refractivity contribution in [3.05, 3.63) is 59.2 Å². The minimum Gasteiger partial charge on any atom is -0.492 e. The normalized spacial score (nSPS) is 12.2. The maximum atomic E-state index is 11.9. The third-order valence-electron chi connectivity index (χ3n) is 4.29. The van der Waals surface area contributed by atoms with Gasteiger partial charge in [0, 0.05) is 5.69 Å². The topological polar surface area (TPSA) is 76.7 Å². The van der Waals surface area contributed by atoms with Crippen LogP contribution in [-0.4, -0.2) is 32.3 Å². The number of hydrogen-bond donors (Lipinski definition) is 2. The minimum absolute atomic E-state index is 0.326. The molecule has 2 N–H and O–H groups in total. The molecule has 2 amide bonds. The van der Waals surface area contributed by atoms with Gasteiger partial charge in [-0.25, -0.2) is 9.59 Å². The number of fused-ring (bicyclic) bond motifs is 1. The minimum atomic E-state index is -0.412. The average molecular weight is 354 g/mol. The number of methoxy groups -OCH3 is 1. The first-order valence-electron chi connectivity index (χ1n) is 8.63. The van der Waals surface area contributed by atoms with Gasteiger partial charge in [-0.1, -0.05) is 6.07 Å². The number of ether oxygens (including phenoxy) is 2. The highest BCUT2D eigenvalue weighted by atomic mass is 16.5. The Kier molecular flexibility index (Phi) is 5.73. The summed E-state index contributed by atoms with van der Waals surface area (Å²) in [5, 5.41) is 5.44. The molecule has 6 nitrogen and oxygen atoms in total. The number of aryl methyl sites for hydroxylation is 2. The predicted octanol–water partition coefficient (Wildman–Crippen LogP) is 3.16. The van der Waals surface area contributed by atoms with Gasteiger partial charge < -0.3 is 20.1 Å². The van der Waals surface area contributed by atoms with Crippen LogP contribution >= 0.6 is 0 Å². The molecule has 0 fully saturated rings. The van der Waals surface area contributed by atoms with Crippen LogP contribution in [0.15, 0.2) is 42.5 Å². The van der Waals surface area contributed by atoms with E-state index >= 15 is 0 Å². The number of amides is 2. The lowest BCUT2D eigenvalue weighted by Gasteiger charge is -2.10. The van der Waals surface area contributed by atoms with Crippen LogP contribution in [0, 0.1) is 0 Å². The quantitative estimate of drug-likeness (QED) is 0.617. The number of carbonyl (C=O) groups is 2. The number of esters is 1. The molecule has 0 saturated carbocycles. The van der Waals surface area contributed by atoms with Crippen LogP contribution in [0.4, 0.5) is 10.5 Å². The van der Waals surface area contributed by atoms with Gasteiger partial charge >= 0.3 is 12.0 Å². The van der Waals surface area contributed by atoms with E-state index in [1.165, 1.54) is 24.7 Å². The maximum Gasteiger partial charge on any atom is 0.337 e. The van der Waals surface area contributed by atoms with Crippen LogP contribution in [0.5, 0.6) is 5.75 Å². The van der Waals surface area contributed by atoms with Gasteiger partial charge in [-0.2, -0.15) is 0 Å². The number of benzene rings is 2. The maximum absolute atomic E-state index is 11.9. The molecule has 6 heteroatoms. The molecule has 1 aliphatic carbocycles. The van der Waals surface area contributed by atoms with E-state index in [-0.39, 0.29) is 6.03 Å². The number of urea groups is 1. The lowest BCUT2D eigenvalue weighted by Crippen LogP contribution is -2.32. The smallest absolute Gasteiger partial charge is 0.337 e. The average Bonchev–Trinajstić information content (AvgIpc) is 3.13. The Hall–Kier alpha value is -3.02. The second kappa shape index (κ2) is 8.38. The number of nitrogens with one attached hydrogen (secondary N) is 2. The van der Waals surface area contributed by atoms with Gasteiger partial charge in [0.2, 0.25) is 0 Å². The van der Waals surface area contributed by atoms with E-state index < -0.39 is 5.97 Å². The summed E-state index contributed by atoms with van der Waals surface area (Å²) in [6, 6.07) is 12.3. The van der Waals surface area contributed by atoms with Gasteiger partial charge in [-0.05, 0) is 66.8 Å². The summed E-state index contributed by atoms with van der Waals surface area (Å²) in [6.07, 6.45) is 3.47. The molecule has 0 bridgehead atoms. The van der Waals surface area contributed by atoms with Gasteiger partial charge in [-0.3, -0.25) is 0 Å². The third kappa shape index (κ3) is 4.53. The zero-order valence-electron chi connectivity index (χ0n) is 14.7. The van der Waals surface area contributed by atoms with Crippen molar-refractivity contribution < 1.29 is 19.1 Å². The largest absolute Gasteiger partial charge is 0.492 e. The molecule has 0 spiro atoms. The van der Waals surface area contributed by atoms with Crippen LogP contribution in [-0.2, 0) is 17.6 Å². The number of rotatable bonds is 6. The van der Waals surface area contributed by atoms with Crippen molar-refractivity contribution >= 4 is 17.7 Å². The van der Waals surface area contributed by atoms with E-state index in [1.807, 2.05) is 6.07 Å². The second-order valence-corrected chi connectivity index (χ2v) is 6.08. The molecule has 0 saturated heterocycles. The standard InChI is InChI=1S/C20H22N2O4/c1-25-19(23)15-5-8-17(9-6-15)22-20(24)21-11-12-26-18-10-7-14-3-2-4-16(14)13-18/h5-10,13H,2-4,11-12H2,1H3,(H2,21,22,24). The van der Waals surface area contributed by atoms with E-state index in [1.54, 1.807) is 24.3 Å². The Balaban J connectivity index is 1.39. The Morgan fingerprint density at radius 2 is 1.81 bits per heavy atom. The molecule has 136 valence electrons. The Bertz CT molecular complexity index is 787. The highest BCUT2D eigenvalue weighted by Crippen LogP contribution is 2.25. The van der Waals surface area contributed by atoms with Crippen LogP contribution in [0.3, 0.4) is 0 Å². The van der Waals surface area contributed by atoms with Crippen molar-refractivity contribution in [2.45, 2.75) is 19.3 Å². The molecule has 0 aromatic heterocycles. The molecule has 0 aliphatic heterocycles. The summed E-state index contributed by atoms with van der Waals surface area (Å²) in [5.74, 6) is 0.427. The number of carbonyl (C=O) groups excluding carboxylic acids is 2. The van der Waals surface area contributed by atoms with Crippen molar-refractivity contribution in [2.75, 3.05) is 25.6 Å². The monoisotopic (exact) mass is 354 g/mol. The molecular weight excluding hydrogens is 332 g/mol. The van der Waals surface area contributed by atoms with Gasteiger partial charge in [0.15, 0.2) is 0 Å². The molecule has 3 rings (SSSR count). The second-order valence-electron chi connectivity index (χ2n) is 6.08. The fraction of sp³-hybridized carbons (Fsp3) is 0.300. The molecular formula is C20H22N2O4. The Morgan fingerprint density at radius 3 is 2.58 bits per heavy atom. The molecule has 2 aromatic rings. The zero-order valence-corrected chi connectivity index (χ0v) is 14.7. The summed E-state index contributed by atoms with van der Waals surface area (Å²) in [6.45, 7) is 0.788. The van der Waals surface area contributed by atoms with Gasteiger partial charge in [0.25, 0.3) is 0 Å². The number of hydrogen-bond acceptors (Lipinski definition) is 4. The summed E-state index contributed by atoms with van der Waals surface area (Å²) in [4.78, 5) is 23.2. The van der Waals surface area contributed by atoms with Crippen LogP contribution in [0.25, 0.3) is 0 Å². The van der Waals surface area contributed by atoms with E-state index in [0.29, 0.717) is 24.4 Å². The van der Waals surface area contributed by atoms with Crippen molar-refractivity contribution in [3.8, 4) is 5.75 Å². The van der Waals surface area contributed by atoms with Crippen molar-refractivity contribution in [1.29, 1.82) is 0 Å². The third-order valence-corrected chi connectivity index (χ3v) is 4.29. The number of anilines is 1. The first-order valence-corrected chi connectivity index (χ1v) is 8.63. The lowest BCUT2D eigenvalue weighted by atomic mass is 10.1. The summed E-state index contributed by atoms with van der Waals surface area (Å²) in [7, 11) is 1.33. The molecule has 2 aromatic carbocycles. The van der Waals surface area contributed by atoms with Crippen molar-refractivity contribution in [3.63, 3.8) is 0 Å². The SMILES string of the molecule is COC(=O)c1ccc(NC(=O)NCCOc2ccc3c(c2)CCC3)cc1. The van der Waals surface area contributed by atoms with E-state index in [4.69, 9.17) is 4.74 Å². The van der Waals surface area contributed by atoms with E-state index in [9.17, 15) is 9.59 Å². The van der Waals surface area contributed by atoms with Crippen LogP contribution in [0.2, 0.25) is 0 Å². The molecule has 0 atom stereocenters.